The molecule has 86 valence electrons. The Morgan fingerprint density at radius 2 is 2.00 bits per heavy atom. The van der Waals surface area contributed by atoms with E-state index in [0.717, 1.165) is 0 Å². The first-order valence-electron chi connectivity index (χ1n) is 4.75. The second-order valence-electron chi connectivity index (χ2n) is 3.53. The molecule has 1 amide bonds. The van der Waals surface area contributed by atoms with Gasteiger partial charge in [0, 0.05) is 5.56 Å². The number of carboxylic acid groups (broad SMARTS) is 1. The fourth-order valence-electron chi connectivity index (χ4n) is 1.09. The molecule has 0 spiro atoms. The molecule has 0 fully saturated rings. The lowest BCUT2D eigenvalue weighted by molar-refractivity contribution is -0.138. The van der Waals surface area contributed by atoms with E-state index in [1.54, 1.807) is 13.0 Å². The summed E-state index contributed by atoms with van der Waals surface area (Å²) in [5, 5.41) is 20.3. The molecule has 1 rings (SSSR count). The summed E-state index contributed by atoms with van der Waals surface area (Å²) in [5.41, 5.74) is 0.888. The Labute approximate surface area is 92.7 Å². The highest BCUT2D eigenvalue weighted by atomic mass is 16.4. The van der Waals surface area contributed by atoms with Crippen LogP contribution in [-0.4, -0.2) is 28.1 Å². The quantitative estimate of drug-likeness (QED) is 0.710. The monoisotopic (exact) mass is 223 g/mol. The molecule has 0 bridgehead atoms. The van der Waals surface area contributed by atoms with Gasteiger partial charge in [0.1, 0.15) is 11.8 Å². The maximum absolute atomic E-state index is 11.5. The number of phenolic OH excluding ortho intramolecular Hbond substituents is 1. The van der Waals surface area contributed by atoms with E-state index in [2.05, 4.69) is 5.32 Å². The molecule has 0 aromatic heterocycles. The molecule has 0 aliphatic heterocycles. The number of carbonyl (C=O) groups is 2. The van der Waals surface area contributed by atoms with Crippen molar-refractivity contribution in [2.45, 2.75) is 19.9 Å². The number of nitrogens with one attached hydrogen (secondary N) is 1. The zero-order valence-corrected chi connectivity index (χ0v) is 9.02. The Morgan fingerprint density at radius 3 is 2.50 bits per heavy atom. The third-order valence-electron chi connectivity index (χ3n) is 2.19. The van der Waals surface area contributed by atoms with Crippen molar-refractivity contribution >= 4 is 11.9 Å². The van der Waals surface area contributed by atoms with Crippen molar-refractivity contribution in [1.29, 1.82) is 0 Å². The van der Waals surface area contributed by atoms with E-state index in [1.165, 1.54) is 19.1 Å². The first-order valence-corrected chi connectivity index (χ1v) is 4.75. The van der Waals surface area contributed by atoms with Crippen LogP contribution in [0.4, 0.5) is 0 Å². The number of aryl methyl sites for hydroxylation is 1. The van der Waals surface area contributed by atoms with Crippen LogP contribution in [0.25, 0.3) is 0 Å². The minimum absolute atomic E-state index is 0.00984. The van der Waals surface area contributed by atoms with Crippen molar-refractivity contribution in [2.75, 3.05) is 0 Å². The first kappa shape index (κ1) is 12.0. The highest BCUT2D eigenvalue weighted by Crippen LogP contribution is 2.17. The van der Waals surface area contributed by atoms with Crippen LogP contribution in [0.1, 0.15) is 22.8 Å². The van der Waals surface area contributed by atoms with Gasteiger partial charge in [-0.2, -0.15) is 0 Å². The molecule has 0 aliphatic rings. The van der Waals surface area contributed by atoms with Gasteiger partial charge in [-0.25, -0.2) is 0 Å². The number of aromatic hydroxyl groups is 1. The van der Waals surface area contributed by atoms with Gasteiger partial charge in [0.25, 0.3) is 5.91 Å². The number of hydrogen-bond donors (Lipinski definition) is 3. The Hall–Kier alpha value is -2.04. The van der Waals surface area contributed by atoms with Gasteiger partial charge in [0.2, 0.25) is 0 Å². The molecule has 5 heteroatoms. The molecule has 0 radical (unpaired) electrons. The Kier molecular flexibility index (Phi) is 3.50. The summed E-state index contributed by atoms with van der Waals surface area (Å²) in [6.45, 7) is 3.07. The van der Waals surface area contributed by atoms with Crippen molar-refractivity contribution in [2.24, 2.45) is 0 Å². The molecule has 1 unspecified atom stereocenters. The molecule has 0 saturated carbocycles. The third kappa shape index (κ3) is 2.73. The van der Waals surface area contributed by atoms with Gasteiger partial charge in [-0.1, -0.05) is 6.07 Å². The van der Waals surface area contributed by atoms with Crippen molar-refractivity contribution in [3.05, 3.63) is 29.3 Å². The minimum Gasteiger partial charge on any atom is -0.508 e. The maximum atomic E-state index is 11.5. The molecule has 3 N–H and O–H groups in total. The second-order valence-corrected chi connectivity index (χ2v) is 3.53. The normalized spacial score (nSPS) is 11.9. The van der Waals surface area contributed by atoms with Gasteiger partial charge in [-0.15, -0.1) is 0 Å². The Balaban J connectivity index is 2.81. The average molecular weight is 223 g/mol. The summed E-state index contributed by atoms with van der Waals surface area (Å²) >= 11 is 0. The first-order chi connectivity index (χ1) is 7.41. The van der Waals surface area contributed by atoms with E-state index in [1.807, 2.05) is 0 Å². The van der Waals surface area contributed by atoms with Crippen LogP contribution in [0, 0.1) is 6.92 Å². The number of rotatable bonds is 3. The van der Waals surface area contributed by atoms with Crippen molar-refractivity contribution < 1.29 is 19.8 Å². The summed E-state index contributed by atoms with van der Waals surface area (Å²) in [4.78, 5) is 22.1. The highest BCUT2D eigenvalue weighted by molar-refractivity contribution is 5.96. The van der Waals surface area contributed by atoms with Crippen molar-refractivity contribution in [3.8, 4) is 5.75 Å². The van der Waals surface area contributed by atoms with Gasteiger partial charge in [-0.05, 0) is 31.5 Å². The van der Waals surface area contributed by atoms with Gasteiger partial charge in [0.15, 0.2) is 0 Å². The number of aliphatic carboxylic acids is 1. The average Bonchev–Trinajstić information content (AvgIpc) is 2.21. The fourth-order valence-corrected chi connectivity index (χ4v) is 1.09. The molecular weight excluding hydrogens is 210 g/mol. The largest absolute Gasteiger partial charge is 0.508 e. The summed E-state index contributed by atoms with van der Waals surface area (Å²) in [7, 11) is 0. The lowest BCUT2D eigenvalue weighted by atomic mass is 10.1. The lowest BCUT2D eigenvalue weighted by Crippen LogP contribution is -2.38. The van der Waals surface area contributed by atoms with Gasteiger partial charge in [0.05, 0.1) is 0 Å². The molecule has 1 aromatic rings. The smallest absolute Gasteiger partial charge is 0.325 e. The lowest BCUT2D eigenvalue weighted by Gasteiger charge is -2.09. The molecule has 0 aliphatic carbocycles. The zero-order chi connectivity index (χ0) is 12.3. The number of benzene rings is 1. The SMILES string of the molecule is Cc1ccc(C(=O)NC(C)C(=O)O)cc1O. The van der Waals surface area contributed by atoms with Crippen LogP contribution >= 0.6 is 0 Å². The predicted octanol–water partition coefficient (Wildman–Crippen LogP) is 0.904. The standard InChI is InChI=1S/C11H13NO4/c1-6-3-4-8(5-9(6)13)10(14)12-7(2)11(15)16/h3-5,7,13H,1-2H3,(H,12,14)(H,15,16). The van der Waals surface area contributed by atoms with E-state index < -0.39 is 17.9 Å². The summed E-state index contributed by atoms with van der Waals surface area (Å²) < 4.78 is 0. The minimum atomic E-state index is -1.11. The second kappa shape index (κ2) is 4.65. The molecule has 1 aromatic carbocycles. The molecule has 5 nitrogen and oxygen atoms in total. The number of phenols is 1. The van der Waals surface area contributed by atoms with Crippen molar-refractivity contribution in [1.82, 2.24) is 5.32 Å². The Morgan fingerprint density at radius 1 is 1.38 bits per heavy atom. The zero-order valence-electron chi connectivity index (χ0n) is 9.02. The highest BCUT2D eigenvalue weighted by Gasteiger charge is 2.15. The van der Waals surface area contributed by atoms with Crippen LogP contribution in [-0.2, 0) is 4.79 Å². The Bertz CT molecular complexity index is 428. The van der Waals surface area contributed by atoms with Gasteiger partial charge in [-0.3, -0.25) is 9.59 Å². The maximum Gasteiger partial charge on any atom is 0.325 e. The number of carboxylic acids is 1. The van der Waals surface area contributed by atoms with Crippen LogP contribution in [0.2, 0.25) is 0 Å². The number of carbonyl (C=O) groups excluding carboxylic acids is 1. The summed E-state index contributed by atoms with van der Waals surface area (Å²) in [5.74, 6) is -1.62. The predicted molar refractivity (Wildman–Crippen MR) is 57.4 cm³/mol. The molecule has 0 saturated heterocycles. The van der Waals surface area contributed by atoms with Gasteiger partial charge >= 0.3 is 5.97 Å². The third-order valence-corrected chi connectivity index (χ3v) is 2.19. The van der Waals surface area contributed by atoms with Crippen LogP contribution in [0.15, 0.2) is 18.2 Å². The number of amides is 1. The summed E-state index contributed by atoms with van der Waals surface area (Å²) in [6.07, 6.45) is 0. The van der Waals surface area contributed by atoms with E-state index in [-0.39, 0.29) is 11.3 Å². The van der Waals surface area contributed by atoms with Crippen LogP contribution in [0.5, 0.6) is 5.75 Å². The van der Waals surface area contributed by atoms with E-state index >= 15 is 0 Å². The molecule has 0 heterocycles. The van der Waals surface area contributed by atoms with Gasteiger partial charge < -0.3 is 15.5 Å². The molecule has 1 atom stereocenters. The van der Waals surface area contributed by atoms with Crippen LogP contribution in [0.3, 0.4) is 0 Å². The number of hydrogen-bond acceptors (Lipinski definition) is 3. The topological polar surface area (TPSA) is 86.6 Å². The van der Waals surface area contributed by atoms with Crippen LogP contribution < -0.4 is 5.32 Å². The molecule has 16 heavy (non-hydrogen) atoms. The van der Waals surface area contributed by atoms with Crippen molar-refractivity contribution in [3.63, 3.8) is 0 Å². The van der Waals surface area contributed by atoms with E-state index in [0.29, 0.717) is 5.56 Å². The molecular formula is C11H13NO4. The van der Waals surface area contributed by atoms with E-state index in [4.69, 9.17) is 5.11 Å². The summed E-state index contributed by atoms with van der Waals surface area (Å²) in [6, 6.07) is 3.46. The van der Waals surface area contributed by atoms with E-state index in [9.17, 15) is 14.7 Å². The fraction of sp³-hybridized carbons (Fsp3) is 0.273.